The lowest BCUT2D eigenvalue weighted by molar-refractivity contribution is 0.256. The maximum atomic E-state index is 12.6. The van der Waals surface area contributed by atoms with Gasteiger partial charge in [0.1, 0.15) is 5.75 Å². The van der Waals surface area contributed by atoms with E-state index in [0.29, 0.717) is 19.4 Å². The highest BCUT2D eigenvalue weighted by atomic mass is 32.2. The number of primary sulfonamides is 1. The van der Waals surface area contributed by atoms with Crippen molar-refractivity contribution >= 4 is 31.8 Å². The van der Waals surface area contributed by atoms with Gasteiger partial charge in [0.15, 0.2) is 0 Å². The van der Waals surface area contributed by atoms with Crippen LogP contribution in [-0.4, -0.2) is 71.4 Å². The second-order valence-corrected chi connectivity index (χ2v) is 20.6. The van der Waals surface area contributed by atoms with Gasteiger partial charge in [-0.3, -0.25) is 0 Å². The highest BCUT2D eigenvalue weighted by Crippen LogP contribution is 2.40. The number of carbonyl (C=O) groups is 1. The van der Waals surface area contributed by atoms with E-state index in [-0.39, 0.29) is 11.5 Å². The van der Waals surface area contributed by atoms with Crippen LogP contribution in [0.4, 0.5) is 10.5 Å². The molecule has 0 radical (unpaired) electrons. The van der Waals surface area contributed by atoms with Crippen LogP contribution < -0.4 is 19.9 Å². The molecule has 4 aliphatic rings. The van der Waals surface area contributed by atoms with Crippen molar-refractivity contribution in [2.45, 2.75) is 103 Å². The van der Waals surface area contributed by atoms with E-state index in [1.807, 2.05) is 56.7 Å². The van der Waals surface area contributed by atoms with Crippen LogP contribution in [0.15, 0.2) is 72.8 Å². The molecule has 4 aromatic rings. The zero-order valence-corrected chi connectivity index (χ0v) is 37.9. The summed E-state index contributed by atoms with van der Waals surface area (Å²) in [6.07, 6.45) is 15.9. The molecule has 2 amide bonds. The van der Waals surface area contributed by atoms with Crippen molar-refractivity contribution in [3.8, 4) is 12.0 Å². The second-order valence-electron chi connectivity index (χ2n) is 17.0. The molecular formula is C48H62N6O6S2. The molecule has 0 atom stereocenters. The number of fused-ring (bicyclic) bond motifs is 4. The third-order valence-corrected chi connectivity index (χ3v) is 14.2. The number of carbonyl (C=O) groups excluding carboxylic acids is 1. The molecular weight excluding hydrogens is 821 g/mol. The second kappa shape index (κ2) is 22.0. The van der Waals surface area contributed by atoms with Gasteiger partial charge in [0.25, 0.3) is 6.26 Å². The van der Waals surface area contributed by atoms with E-state index in [9.17, 15) is 21.6 Å². The smallest absolute Gasteiger partial charge is 0.332 e. The molecule has 4 aliphatic carbocycles. The number of sulfonamides is 2. The maximum Gasteiger partial charge on any atom is 0.332 e. The van der Waals surface area contributed by atoms with Gasteiger partial charge in [-0.1, -0.05) is 72.8 Å². The first-order chi connectivity index (χ1) is 29.8. The largest absolute Gasteiger partial charge is 0.387 e. The fourth-order valence-electron chi connectivity index (χ4n) is 9.24. The van der Waals surface area contributed by atoms with Gasteiger partial charge >= 0.3 is 6.03 Å². The quantitative estimate of drug-likeness (QED) is 0.107. The number of nitrogens with zero attached hydrogens (tertiary/aromatic N) is 3. The average molecular weight is 883 g/mol. The van der Waals surface area contributed by atoms with Crippen LogP contribution in [0.5, 0.6) is 5.75 Å². The zero-order valence-electron chi connectivity index (χ0n) is 36.3. The summed E-state index contributed by atoms with van der Waals surface area (Å²) in [4.78, 5) is 16.7. The molecule has 4 aromatic carbocycles. The number of rotatable bonds is 15. The highest BCUT2D eigenvalue weighted by Gasteiger charge is 2.27. The number of hydrogen-bond acceptors (Lipinski definition) is 9. The number of ether oxygens (including phenoxy) is 1. The molecule has 0 saturated carbocycles. The lowest BCUT2D eigenvalue weighted by Crippen LogP contribution is -2.37. The van der Waals surface area contributed by atoms with E-state index in [1.165, 1.54) is 68.5 Å². The first-order valence-corrected chi connectivity index (χ1v) is 25.3. The Morgan fingerprint density at radius 2 is 1.08 bits per heavy atom. The molecule has 14 heteroatoms. The summed E-state index contributed by atoms with van der Waals surface area (Å²) in [5, 5.41) is 16.5. The van der Waals surface area contributed by atoms with Gasteiger partial charge in [-0.2, -0.15) is 0 Å². The number of amides is 2. The number of aryl methyl sites for hydroxylation is 4. The van der Waals surface area contributed by atoms with Gasteiger partial charge in [0, 0.05) is 18.8 Å². The molecule has 0 aromatic heterocycles. The number of nitrogens with two attached hydrogens (primary N) is 1. The minimum absolute atomic E-state index is 0.0477. The number of nitriles is 1. The van der Waals surface area contributed by atoms with E-state index in [0.717, 1.165) is 95.3 Å². The molecule has 12 nitrogen and oxygen atoms in total. The van der Waals surface area contributed by atoms with Crippen molar-refractivity contribution in [2.75, 3.05) is 44.0 Å². The molecule has 0 spiro atoms. The Labute approximate surface area is 368 Å². The number of urea groups is 1. The Bertz CT molecular complexity index is 2360. The first kappa shape index (κ1) is 46.7. The van der Waals surface area contributed by atoms with Gasteiger partial charge in [0.2, 0.25) is 20.0 Å². The summed E-state index contributed by atoms with van der Waals surface area (Å²) >= 11 is 0. The minimum Gasteiger partial charge on any atom is -0.387 e. The molecule has 332 valence electrons. The molecule has 4 N–H and O–H groups in total. The third-order valence-electron chi connectivity index (χ3n) is 12.0. The summed E-state index contributed by atoms with van der Waals surface area (Å²) in [7, 11) is -3.07. The average Bonchev–Trinajstić information content (AvgIpc) is 4.06. The third kappa shape index (κ3) is 13.6. The zero-order chi connectivity index (χ0) is 44.1. The molecule has 0 heterocycles. The topological polar surface area (TPSA) is 175 Å². The Hall–Kier alpha value is -4.78. The number of nitrogens with one attached hydrogen (secondary N) is 2. The van der Waals surface area contributed by atoms with Crippen LogP contribution in [0.3, 0.4) is 0 Å². The molecule has 8 rings (SSSR count). The molecule has 0 bridgehead atoms. The van der Waals surface area contributed by atoms with Crippen LogP contribution in [0, 0.1) is 11.5 Å². The van der Waals surface area contributed by atoms with Crippen molar-refractivity contribution < 1.29 is 26.4 Å². The monoisotopic (exact) mass is 882 g/mol. The van der Waals surface area contributed by atoms with Gasteiger partial charge in [0.05, 0.1) is 11.5 Å². The van der Waals surface area contributed by atoms with Crippen molar-refractivity contribution in [3.05, 3.63) is 128 Å². The van der Waals surface area contributed by atoms with Gasteiger partial charge in [-0.15, -0.1) is 5.26 Å². The minimum atomic E-state index is -3.69. The fourth-order valence-corrected chi connectivity index (χ4v) is 10.7. The first-order valence-electron chi connectivity index (χ1n) is 21.9. The number of hydrogen-bond donors (Lipinski definition) is 3. The molecule has 0 aliphatic heterocycles. The van der Waals surface area contributed by atoms with E-state index in [4.69, 9.17) is 15.1 Å². The Balaban J connectivity index is 0.000000173. The standard InChI is InChI=1S/C24H31N3O3S.C13H13NO.C11H18N2O2S/c1-27(17-18-8-3-2-4-9-18)14-7-15-31(29,30)26-24(28)25-23-21-12-5-10-19(21)16-20-11-6-13-22(20)23;14-8-15-13-11-5-1-3-9(11)7-10-4-2-6-12(10)13;1-13(8-5-9-16(12,14)15)10-11-6-3-2-4-7-11/h2-4,8-9,16H,5-7,10-15,17H2,1H3,(H2,25,26,28);7H,1-6H2;2-4,6-7H,5,8-10H2,1H3,(H2,12,14,15). The normalized spacial score (nSPS) is 14.7. The molecule has 0 fully saturated rings. The Morgan fingerprint density at radius 1 is 0.661 bits per heavy atom. The van der Waals surface area contributed by atoms with Gasteiger partial charge in [-0.05, 0) is 173 Å². The number of benzene rings is 4. The van der Waals surface area contributed by atoms with Crippen molar-refractivity contribution in [1.29, 1.82) is 5.26 Å². The molecule has 62 heavy (non-hydrogen) atoms. The summed E-state index contributed by atoms with van der Waals surface area (Å²) in [5.74, 6) is 0.872. The molecule has 0 unspecified atom stereocenters. The summed E-state index contributed by atoms with van der Waals surface area (Å²) in [5.41, 5.74) is 13.7. The Kier molecular flexibility index (Phi) is 16.6. The predicted octanol–water partition coefficient (Wildman–Crippen LogP) is 6.96. The molecule has 0 saturated heterocycles. The van der Waals surface area contributed by atoms with E-state index in [1.54, 1.807) is 0 Å². The van der Waals surface area contributed by atoms with E-state index < -0.39 is 26.1 Å². The van der Waals surface area contributed by atoms with Crippen molar-refractivity contribution in [1.82, 2.24) is 14.5 Å². The lowest BCUT2D eigenvalue weighted by Gasteiger charge is -2.18. The fraction of sp³-hybridized carbons (Fsp3) is 0.458. The predicted molar refractivity (Wildman–Crippen MR) is 246 cm³/mol. The summed E-state index contributed by atoms with van der Waals surface area (Å²) < 4.78 is 53.8. The Morgan fingerprint density at radius 3 is 1.52 bits per heavy atom. The number of anilines is 1. The van der Waals surface area contributed by atoms with Crippen LogP contribution in [0.25, 0.3) is 0 Å². The van der Waals surface area contributed by atoms with Gasteiger partial charge < -0.3 is 19.9 Å². The van der Waals surface area contributed by atoms with Crippen LogP contribution in [0.2, 0.25) is 0 Å². The maximum absolute atomic E-state index is 12.6. The van der Waals surface area contributed by atoms with Crippen molar-refractivity contribution in [2.24, 2.45) is 5.14 Å². The highest BCUT2D eigenvalue weighted by molar-refractivity contribution is 7.90. The van der Waals surface area contributed by atoms with Crippen LogP contribution >= 0.6 is 0 Å². The van der Waals surface area contributed by atoms with Crippen LogP contribution in [-0.2, 0) is 84.5 Å². The summed E-state index contributed by atoms with van der Waals surface area (Å²) in [6, 6.07) is 24.1. The van der Waals surface area contributed by atoms with E-state index >= 15 is 0 Å². The SMILES string of the molecule is CN(CCCS(=O)(=O)NC(=O)Nc1c2c(cc3c1CCC3)CCC2)Cc1ccccc1.CN(CCCS(N)(=O)=O)Cc1ccccc1.N#COc1c2c(cc3c1CCC3)CCC2. The van der Waals surface area contributed by atoms with Crippen LogP contribution in [0.1, 0.15) is 94.2 Å². The van der Waals surface area contributed by atoms with Crippen molar-refractivity contribution in [3.63, 3.8) is 0 Å². The lowest BCUT2D eigenvalue weighted by atomic mass is 9.99. The summed E-state index contributed by atoms with van der Waals surface area (Å²) in [6.45, 7) is 2.95. The van der Waals surface area contributed by atoms with E-state index in [2.05, 4.69) is 56.2 Å². The van der Waals surface area contributed by atoms with Gasteiger partial charge in [-0.25, -0.2) is 31.5 Å².